The minimum Gasteiger partial charge on any atom is -0.381 e. The molecule has 1 heterocycles. The van der Waals surface area contributed by atoms with Gasteiger partial charge in [0.15, 0.2) is 0 Å². The van der Waals surface area contributed by atoms with Gasteiger partial charge in [0, 0.05) is 19.1 Å². The van der Waals surface area contributed by atoms with E-state index >= 15 is 0 Å². The molecule has 2 atom stereocenters. The van der Waals surface area contributed by atoms with Crippen LogP contribution in [0.4, 0.5) is 0 Å². The van der Waals surface area contributed by atoms with Crippen LogP contribution < -0.4 is 5.32 Å². The molecule has 0 saturated carbocycles. The molecule has 0 aromatic rings. The second-order valence-electron chi connectivity index (χ2n) is 3.43. The van der Waals surface area contributed by atoms with Gasteiger partial charge in [0.25, 0.3) is 0 Å². The van der Waals surface area contributed by atoms with E-state index in [1.54, 1.807) is 0 Å². The highest BCUT2D eigenvalue weighted by molar-refractivity contribution is 4.64. The number of likely N-dealkylation sites (N-methyl/N-ethyl adjacent to an activating group) is 1. The molecule has 1 rings (SSSR count). The van der Waals surface area contributed by atoms with Crippen LogP contribution in [0.3, 0.4) is 0 Å². The van der Waals surface area contributed by atoms with Crippen LogP contribution >= 0.6 is 0 Å². The molecule has 72 valence electrons. The Hall–Kier alpha value is -0.120. The van der Waals surface area contributed by atoms with E-state index in [4.69, 9.17) is 9.47 Å². The quantitative estimate of drug-likeness (QED) is 0.662. The Bertz CT molecular complexity index is 113. The first-order valence-corrected chi connectivity index (χ1v) is 4.67. The van der Waals surface area contributed by atoms with Crippen LogP contribution in [0.25, 0.3) is 0 Å². The van der Waals surface area contributed by atoms with Crippen LogP contribution in [0.1, 0.15) is 13.3 Å². The number of hydrogen-bond donors (Lipinski definition) is 1. The average molecular weight is 173 g/mol. The second-order valence-corrected chi connectivity index (χ2v) is 3.43. The lowest BCUT2D eigenvalue weighted by Crippen LogP contribution is -2.26. The number of rotatable bonds is 5. The summed E-state index contributed by atoms with van der Waals surface area (Å²) >= 11 is 0. The van der Waals surface area contributed by atoms with E-state index in [0.29, 0.717) is 12.0 Å². The highest BCUT2D eigenvalue weighted by atomic mass is 16.5. The van der Waals surface area contributed by atoms with Gasteiger partial charge < -0.3 is 14.8 Å². The lowest BCUT2D eigenvalue weighted by Gasteiger charge is -2.14. The molecule has 0 spiro atoms. The van der Waals surface area contributed by atoms with E-state index < -0.39 is 0 Å². The Morgan fingerprint density at radius 1 is 1.67 bits per heavy atom. The Balaban J connectivity index is 1.99. The van der Waals surface area contributed by atoms with E-state index in [1.807, 2.05) is 7.05 Å². The fourth-order valence-electron chi connectivity index (χ4n) is 1.36. The summed E-state index contributed by atoms with van der Waals surface area (Å²) in [6, 6.07) is 0. The molecule has 1 saturated heterocycles. The molecule has 12 heavy (non-hydrogen) atoms. The maximum absolute atomic E-state index is 5.62. The van der Waals surface area contributed by atoms with Gasteiger partial charge in [0.1, 0.15) is 0 Å². The zero-order valence-electron chi connectivity index (χ0n) is 8.01. The topological polar surface area (TPSA) is 30.5 Å². The summed E-state index contributed by atoms with van der Waals surface area (Å²) < 4.78 is 10.9. The first-order chi connectivity index (χ1) is 5.83. The third-order valence-corrected chi connectivity index (χ3v) is 2.13. The largest absolute Gasteiger partial charge is 0.381 e. The van der Waals surface area contributed by atoms with Crippen molar-refractivity contribution in [2.75, 3.05) is 33.4 Å². The zero-order valence-corrected chi connectivity index (χ0v) is 8.01. The number of ether oxygens (including phenoxy) is 2. The maximum atomic E-state index is 5.62. The van der Waals surface area contributed by atoms with Crippen molar-refractivity contribution in [3.63, 3.8) is 0 Å². The predicted molar refractivity (Wildman–Crippen MR) is 48.3 cm³/mol. The van der Waals surface area contributed by atoms with E-state index in [2.05, 4.69) is 12.2 Å². The number of hydrogen-bond acceptors (Lipinski definition) is 3. The highest BCUT2D eigenvalue weighted by Gasteiger charge is 2.16. The Morgan fingerprint density at radius 3 is 3.08 bits per heavy atom. The molecule has 1 N–H and O–H groups in total. The molecule has 1 aliphatic rings. The lowest BCUT2D eigenvalue weighted by atomic mass is 10.1. The summed E-state index contributed by atoms with van der Waals surface area (Å²) in [5.74, 6) is 0.629. The first kappa shape index (κ1) is 9.96. The molecular weight excluding hydrogens is 154 g/mol. The molecule has 3 heteroatoms. The maximum Gasteiger partial charge on any atom is 0.0671 e. The van der Waals surface area contributed by atoms with E-state index in [0.717, 1.165) is 32.8 Å². The van der Waals surface area contributed by atoms with Crippen molar-refractivity contribution in [2.24, 2.45) is 5.92 Å². The second kappa shape index (κ2) is 5.51. The zero-order chi connectivity index (χ0) is 8.81. The summed E-state index contributed by atoms with van der Waals surface area (Å²) in [7, 11) is 1.94. The molecule has 0 radical (unpaired) electrons. The molecule has 0 aromatic carbocycles. The van der Waals surface area contributed by atoms with Crippen LogP contribution in [0.2, 0.25) is 0 Å². The third-order valence-electron chi connectivity index (χ3n) is 2.13. The van der Waals surface area contributed by atoms with Gasteiger partial charge in [0.05, 0.1) is 19.3 Å². The van der Waals surface area contributed by atoms with Gasteiger partial charge in [-0.3, -0.25) is 0 Å². The van der Waals surface area contributed by atoms with Crippen molar-refractivity contribution in [3.05, 3.63) is 0 Å². The predicted octanol–water partition coefficient (Wildman–Crippen LogP) is 0.647. The van der Waals surface area contributed by atoms with Gasteiger partial charge in [-0.2, -0.15) is 0 Å². The van der Waals surface area contributed by atoms with E-state index in [9.17, 15) is 0 Å². The average Bonchev–Trinajstić information content (AvgIpc) is 2.53. The van der Waals surface area contributed by atoms with Gasteiger partial charge in [0.2, 0.25) is 0 Å². The Morgan fingerprint density at radius 2 is 2.50 bits per heavy atom. The highest BCUT2D eigenvalue weighted by Crippen LogP contribution is 2.12. The van der Waals surface area contributed by atoms with Crippen molar-refractivity contribution in [1.82, 2.24) is 5.32 Å². The van der Waals surface area contributed by atoms with Crippen molar-refractivity contribution in [3.8, 4) is 0 Å². The molecule has 3 nitrogen and oxygen atoms in total. The fourth-order valence-corrected chi connectivity index (χ4v) is 1.36. The van der Waals surface area contributed by atoms with Crippen LogP contribution in [-0.2, 0) is 9.47 Å². The fraction of sp³-hybridized carbons (Fsp3) is 1.00. The minimum atomic E-state index is 0.315. The Kier molecular flexibility index (Phi) is 4.58. The monoisotopic (exact) mass is 173 g/mol. The van der Waals surface area contributed by atoms with Crippen LogP contribution in [0.15, 0.2) is 0 Å². The Labute approximate surface area is 74.4 Å². The van der Waals surface area contributed by atoms with Crippen LogP contribution in [0.5, 0.6) is 0 Å². The van der Waals surface area contributed by atoms with E-state index in [1.165, 1.54) is 0 Å². The molecular formula is C9H19NO2. The summed E-state index contributed by atoms with van der Waals surface area (Å²) in [6.07, 6.45) is 1.47. The molecule has 0 aliphatic carbocycles. The third kappa shape index (κ3) is 3.52. The molecule has 1 fully saturated rings. The summed E-state index contributed by atoms with van der Waals surface area (Å²) in [5, 5.41) is 3.09. The van der Waals surface area contributed by atoms with Gasteiger partial charge in [-0.05, 0) is 20.4 Å². The summed E-state index contributed by atoms with van der Waals surface area (Å²) in [4.78, 5) is 0. The molecule has 0 amide bonds. The molecule has 0 bridgehead atoms. The standard InChI is InChI=1S/C9H19NO2/c1-8(5-10-2)12-7-9-3-4-11-6-9/h8-10H,3-7H2,1-2H3. The lowest BCUT2D eigenvalue weighted by molar-refractivity contribution is 0.0380. The number of nitrogens with one attached hydrogen (secondary N) is 1. The molecule has 2 unspecified atom stereocenters. The molecule has 1 aliphatic heterocycles. The minimum absolute atomic E-state index is 0.315. The van der Waals surface area contributed by atoms with Gasteiger partial charge in [-0.15, -0.1) is 0 Å². The molecule has 0 aromatic heterocycles. The SMILES string of the molecule is CNCC(C)OCC1CCOC1. The van der Waals surface area contributed by atoms with Crippen molar-refractivity contribution in [2.45, 2.75) is 19.4 Å². The summed E-state index contributed by atoms with van der Waals surface area (Å²) in [6.45, 7) is 5.66. The van der Waals surface area contributed by atoms with Crippen LogP contribution in [0, 0.1) is 5.92 Å². The summed E-state index contributed by atoms with van der Waals surface area (Å²) in [5.41, 5.74) is 0. The van der Waals surface area contributed by atoms with Crippen molar-refractivity contribution < 1.29 is 9.47 Å². The van der Waals surface area contributed by atoms with Crippen molar-refractivity contribution >= 4 is 0 Å². The first-order valence-electron chi connectivity index (χ1n) is 4.67. The van der Waals surface area contributed by atoms with Gasteiger partial charge >= 0.3 is 0 Å². The van der Waals surface area contributed by atoms with E-state index in [-0.39, 0.29) is 0 Å². The van der Waals surface area contributed by atoms with Crippen LogP contribution in [-0.4, -0.2) is 39.5 Å². The normalized spacial score (nSPS) is 26.0. The van der Waals surface area contributed by atoms with Gasteiger partial charge in [-0.1, -0.05) is 0 Å². The van der Waals surface area contributed by atoms with Crippen molar-refractivity contribution in [1.29, 1.82) is 0 Å². The smallest absolute Gasteiger partial charge is 0.0671 e. The van der Waals surface area contributed by atoms with Gasteiger partial charge in [-0.25, -0.2) is 0 Å².